The van der Waals surface area contributed by atoms with Crippen LogP contribution in [0.2, 0.25) is 0 Å². The Balaban J connectivity index is 1.32. The fourth-order valence-electron chi connectivity index (χ4n) is 5.16. The normalized spacial score (nSPS) is 24.6. The molecule has 0 spiro atoms. The minimum absolute atomic E-state index is 0.0617. The van der Waals surface area contributed by atoms with Crippen molar-refractivity contribution in [2.45, 2.75) is 89.8 Å². The molecule has 4 aliphatic rings. The van der Waals surface area contributed by atoms with E-state index in [9.17, 15) is 0 Å². The van der Waals surface area contributed by atoms with Crippen LogP contribution in [0.3, 0.4) is 0 Å². The van der Waals surface area contributed by atoms with Crippen LogP contribution in [0.4, 0.5) is 0 Å². The summed E-state index contributed by atoms with van der Waals surface area (Å²) in [6.45, 7) is 3.36. The van der Waals surface area contributed by atoms with Crippen molar-refractivity contribution in [3.8, 4) is 0 Å². The van der Waals surface area contributed by atoms with Gasteiger partial charge < -0.3 is 11.1 Å². The van der Waals surface area contributed by atoms with Crippen molar-refractivity contribution in [2.75, 3.05) is 6.54 Å². The highest BCUT2D eigenvalue weighted by molar-refractivity contribution is 5.67. The van der Waals surface area contributed by atoms with E-state index in [0.717, 1.165) is 18.8 Å². The molecule has 0 aromatic carbocycles. The lowest BCUT2D eigenvalue weighted by Crippen LogP contribution is -2.39. The number of allylic oxidation sites excluding steroid dienone is 6. The van der Waals surface area contributed by atoms with Crippen LogP contribution in [0.1, 0.15) is 77.6 Å². The van der Waals surface area contributed by atoms with Crippen LogP contribution >= 0.6 is 0 Å². The first-order chi connectivity index (χ1) is 14.8. The molecular formula is C26H38N4. The zero-order chi connectivity index (χ0) is 20.8. The Morgan fingerprint density at radius 1 is 1.07 bits per heavy atom. The van der Waals surface area contributed by atoms with Gasteiger partial charge in [-0.2, -0.15) is 0 Å². The van der Waals surface area contributed by atoms with Crippen molar-refractivity contribution < 1.29 is 0 Å². The van der Waals surface area contributed by atoms with E-state index in [1.807, 2.05) is 0 Å². The Kier molecular flexibility index (Phi) is 7.27. The molecule has 1 saturated heterocycles. The second-order valence-electron chi connectivity index (χ2n) is 9.03. The van der Waals surface area contributed by atoms with E-state index in [0.29, 0.717) is 6.04 Å². The topological polar surface area (TPSA) is 53.6 Å². The summed E-state index contributed by atoms with van der Waals surface area (Å²) >= 11 is 0. The molecule has 3 N–H and O–H groups in total. The molecule has 4 rings (SSSR count). The highest BCUT2D eigenvalue weighted by Gasteiger charge is 2.43. The predicted molar refractivity (Wildman–Crippen MR) is 127 cm³/mol. The molecule has 162 valence electrons. The van der Waals surface area contributed by atoms with Crippen LogP contribution in [0.5, 0.6) is 0 Å². The van der Waals surface area contributed by atoms with E-state index in [1.165, 1.54) is 86.5 Å². The summed E-state index contributed by atoms with van der Waals surface area (Å²) < 4.78 is 0. The summed E-state index contributed by atoms with van der Waals surface area (Å²) in [4.78, 5) is 7.33. The van der Waals surface area contributed by atoms with Gasteiger partial charge >= 0.3 is 0 Å². The minimum Gasteiger partial charge on any atom is -0.385 e. The average Bonchev–Trinajstić information content (AvgIpc) is 3.07. The van der Waals surface area contributed by atoms with E-state index >= 15 is 0 Å². The quantitative estimate of drug-likeness (QED) is 0.447. The van der Waals surface area contributed by atoms with E-state index in [4.69, 9.17) is 10.7 Å². The number of fused-ring (bicyclic) bond motifs is 4. The zero-order valence-electron chi connectivity index (χ0n) is 18.6. The molecule has 30 heavy (non-hydrogen) atoms. The molecule has 2 aliphatic carbocycles. The lowest BCUT2D eigenvalue weighted by molar-refractivity contribution is 0.233. The monoisotopic (exact) mass is 406 g/mol. The first-order valence-corrected chi connectivity index (χ1v) is 12.1. The van der Waals surface area contributed by atoms with Gasteiger partial charge in [0, 0.05) is 12.1 Å². The van der Waals surface area contributed by atoms with Gasteiger partial charge in [0.2, 0.25) is 0 Å². The number of nitrogens with two attached hydrogens (primary N) is 1. The van der Waals surface area contributed by atoms with E-state index in [-0.39, 0.29) is 6.17 Å². The van der Waals surface area contributed by atoms with Gasteiger partial charge in [-0.15, -0.1) is 0 Å². The van der Waals surface area contributed by atoms with Crippen molar-refractivity contribution in [1.82, 2.24) is 10.2 Å². The summed E-state index contributed by atoms with van der Waals surface area (Å²) in [7, 11) is 0. The Morgan fingerprint density at radius 3 is 2.57 bits per heavy atom. The number of likely N-dealkylation sites (tertiary alicyclic amines) is 1. The van der Waals surface area contributed by atoms with Gasteiger partial charge in [0.15, 0.2) is 0 Å². The van der Waals surface area contributed by atoms with Crippen molar-refractivity contribution in [3.05, 3.63) is 58.5 Å². The number of unbranched alkanes of at least 4 members (excludes halogenated alkanes) is 9. The van der Waals surface area contributed by atoms with Gasteiger partial charge in [0.05, 0.1) is 12.4 Å². The van der Waals surface area contributed by atoms with Gasteiger partial charge in [-0.05, 0) is 35.6 Å². The van der Waals surface area contributed by atoms with Gasteiger partial charge in [-0.1, -0.05) is 89.0 Å². The molecule has 2 aliphatic heterocycles. The maximum Gasteiger partial charge on any atom is 0.134 e. The highest BCUT2D eigenvalue weighted by Crippen LogP contribution is 2.43. The third-order valence-corrected chi connectivity index (χ3v) is 6.85. The Hall–Kier alpha value is -2.07. The lowest BCUT2D eigenvalue weighted by Gasteiger charge is -2.29. The van der Waals surface area contributed by atoms with Gasteiger partial charge in [-0.25, -0.2) is 0 Å². The summed E-state index contributed by atoms with van der Waals surface area (Å²) in [5.41, 5.74) is 11.7. The summed E-state index contributed by atoms with van der Waals surface area (Å²) in [6, 6.07) is 0.304. The molecule has 4 heteroatoms. The van der Waals surface area contributed by atoms with E-state index in [2.05, 4.69) is 47.5 Å². The van der Waals surface area contributed by atoms with Crippen LogP contribution in [-0.4, -0.2) is 30.0 Å². The van der Waals surface area contributed by atoms with Crippen molar-refractivity contribution in [1.29, 1.82) is 0 Å². The molecular weight excluding hydrogens is 368 g/mol. The second-order valence-corrected chi connectivity index (χ2v) is 9.03. The van der Waals surface area contributed by atoms with Crippen LogP contribution in [0.15, 0.2) is 63.5 Å². The maximum atomic E-state index is 6.37. The molecule has 0 aromatic rings. The summed E-state index contributed by atoms with van der Waals surface area (Å²) in [6.07, 6.45) is 28.0. The zero-order valence-corrected chi connectivity index (χ0v) is 18.6. The second kappa shape index (κ2) is 10.3. The standard InChI is InChI=1S/C26H38N4/c1-2-3-4-5-6-7-8-9-10-13-16-30-23-18-21-15-12-11-14-20(21)17-22(23)24-25(27)28-19-29-26(24)30/h11-12,14,17-19,23,26H,2-10,13,15-16,27H2,1H3,(H,28,29). The van der Waals surface area contributed by atoms with Crippen LogP contribution < -0.4 is 11.1 Å². The van der Waals surface area contributed by atoms with Crippen molar-refractivity contribution in [2.24, 2.45) is 10.7 Å². The molecule has 0 amide bonds. The van der Waals surface area contributed by atoms with E-state index in [1.54, 1.807) is 6.34 Å². The fourth-order valence-corrected chi connectivity index (χ4v) is 5.16. The number of hydrogen-bond acceptors (Lipinski definition) is 4. The Morgan fingerprint density at radius 2 is 1.80 bits per heavy atom. The number of rotatable bonds is 11. The molecule has 2 unspecified atom stereocenters. The maximum absolute atomic E-state index is 6.37. The number of hydrogen-bond donors (Lipinski definition) is 2. The smallest absolute Gasteiger partial charge is 0.134 e. The Labute approximate surface area is 182 Å². The SMILES string of the molecule is CCCCCCCCCCCCN1C2C=C3CC=CC=C3C=C2C2=C(N)NC=NC21. The molecule has 0 aromatic heterocycles. The Bertz CT molecular complexity index is 796. The fraction of sp³-hybridized carbons (Fsp3) is 0.577. The molecule has 4 nitrogen and oxygen atoms in total. The van der Waals surface area contributed by atoms with Crippen LogP contribution in [0.25, 0.3) is 0 Å². The first-order valence-electron chi connectivity index (χ1n) is 12.1. The van der Waals surface area contributed by atoms with E-state index < -0.39 is 0 Å². The molecule has 0 bridgehead atoms. The van der Waals surface area contributed by atoms with Gasteiger partial charge in [0.1, 0.15) is 12.0 Å². The third-order valence-electron chi connectivity index (χ3n) is 6.85. The largest absolute Gasteiger partial charge is 0.385 e. The predicted octanol–water partition coefficient (Wildman–Crippen LogP) is 5.47. The summed E-state index contributed by atoms with van der Waals surface area (Å²) in [5, 5.41) is 3.13. The summed E-state index contributed by atoms with van der Waals surface area (Å²) in [5.74, 6) is 0.764. The van der Waals surface area contributed by atoms with Crippen molar-refractivity contribution >= 4 is 6.34 Å². The molecule has 2 atom stereocenters. The highest BCUT2D eigenvalue weighted by atomic mass is 15.3. The van der Waals surface area contributed by atoms with Gasteiger partial charge in [0.25, 0.3) is 0 Å². The third kappa shape index (κ3) is 4.64. The van der Waals surface area contributed by atoms with Gasteiger partial charge in [-0.3, -0.25) is 9.89 Å². The number of nitrogens with zero attached hydrogens (tertiary/aromatic N) is 2. The molecule has 0 radical (unpaired) electrons. The molecule has 2 heterocycles. The lowest BCUT2D eigenvalue weighted by atomic mass is 9.86. The number of nitrogens with one attached hydrogen (secondary N) is 1. The number of aliphatic imine (C=N–C) groups is 1. The van der Waals surface area contributed by atoms with Crippen LogP contribution in [0, 0.1) is 0 Å². The van der Waals surface area contributed by atoms with Crippen molar-refractivity contribution in [3.63, 3.8) is 0 Å². The molecule has 1 fully saturated rings. The molecule has 0 saturated carbocycles. The van der Waals surface area contributed by atoms with Crippen LogP contribution in [-0.2, 0) is 0 Å². The minimum atomic E-state index is 0.0617. The first kappa shape index (κ1) is 21.2. The average molecular weight is 407 g/mol.